The number of hydrogen-bond acceptors (Lipinski definition) is 5. The van der Waals surface area contributed by atoms with Crippen LogP contribution in [0.1, 0.15) is 56.9 Å². The first-order valence-corrected chi connectivity index (χ1v) is 10.8. The SMILES string of the molecule is C=CCOc1ccc(C2C3=C(CCCC3=O)N(C)C3=C2C(=O)CCC3)cc1OCC. The number of rotatable bonds is 6. The van der Waals surface area contributed by atoms with Crippen LogP contribution in [0.4, 0.5) is 0 Å². The van der Waals surface area contributed by atoms with E-state index in [4.69, 9.17) is 9.47 Å². The van der Waals surface area contributed by atoms with Crippen LogP contribution < -0.4 is 9.47 Å². The fourth-order valence-electron chi connectivity index (χ4n) is 4.93. The van der Waals surface area contributed by atoms with Gasteiger partial charge < -0.3 is 14.4 Å². The Morgan fingerprint density at radius 3 is 2.20 bits per heavy atom. The van der Waals surface area contributed by atoms with Gasteiger partial charge in [-0.1, -0.05) is 18.7 Å². The number of carbonyl (C=O) groups is 2. The van der Waals surface area contributed by atoms with Gasteiger partial charge in [-0.05, 0) is 50.3 Å². The zero-order valence-corrected chi connectivity index (χ0v) is 17.8. The van der Waals surface area contributed by atoms with Crippen molar-refractivity contribution in [2.24, 2.45) is 0 Å². The first-order chi connectivity index (χ1) is 14.6. The molecule has 4 rings (SSSR count). The van der Waals surface area contributed by atoms with Crippen molar-refractivity contribution in [3.8, 4) is 11.5 Å². The molecule has 30 heavy (non-hydrogen) atoms. The molecule has 0 radical (unpaired) electrons. The van der Waals surface area contributed by atoms with E-state index in [0.29, 0.717) is 37.6 Å². The molecule has 0 atom stereocenters. The van der Waals surface area contributed by atoms with E-state index in [0.717, 1.165) is 53.8 Å². The number of carbonyl (C=O) groups excluding carboxylic acids is 2. The Balaban J connectivity index is 1.87. The van der Waals surface area contributed by atoms with E-state index < -0.39 is 0 Å². The Hall–Kier alpha value is -2.82. The second-order valence-electron chi connectivity index (χ2n) is 8.01. The Labute approximate surface area is 178 Å². The van der Waals surface area contributed by atoms with Crippen LogP contribution in [0, 0.1) is 0 Å². The number of nitrogens with zero attached hydrogens (tertiary/aromatic N) is 1. The molecule has 0 saturated heterocycles. The minimum atomic E-state index is -0.320. The smallest absolute Gasteiger partial charge is 0.161 e. The van der Waals surface area contributed by atoms with Gasteiger partial charge in [0.1, 0.15) is 6.61 Å². The van der Waals surface area contributed by atoms with Crippen LogP contribution in [0.5, 0.6) is 11.5 Å². The molecule has 1 aromatic rings. The van der Waals surface area contributed by atoms with E-state index in [9.17, 15) is 9.59 Å². The Kier molecular flexibility index (Phi) is 5.80. The largest absolute Gasteiger partial charge is 0.490 e. The number of ether oxygens (including phenoxy) is 2. The highest BCUT2D eigenvalue weighted by atomic mass is 16.5. The molecule has 1 aliphatic heterocycles. The summed E-state index contributed by atoms with van der Waals surface area (Å²) in [5.74, 6) is 1.26. The summed E-state index contributed by atoms with van der Waals surface area (Å²) in [6.45, 7) is 6.51. The van der Waals surface area contributed by atoms with Gasteiger partial charge in [0.15, 0.2) is 23.1 Å². The molecule has 0 N–H and O–H groups in total. The highest BCUT2D eigenvalue weighted by Crippen LogP contribution is 2.49. The molecule has 0 unspecified atom stereocenters. The predicted octanol–water partition coefficient (Wildman–Crippen LogP) is 4.69. The summed E-state index contributed by atoms with van der Waals surface area (Å²) in [7, 11) is 2.01. The maximum atomic E-state index is 13.1. The van der Waals surface area contributed by atoms with Crippen LogP contribution in [0.3, 0.4) is 0 Å². The Bertz CT molecular complexity index is 912. The maximum Gasteiger partial charge on any atom is 0.161 e. The van der Waals surface area contributed by atoms with Crippen molar-refractivity contribution in [2.75, 3.05) is 20.3 Å². The molecule has 0 spiro atoms. The zero-order valence-electron chi connectivity index (χ0n) is 17.8. The van der Waals surface area contributed by atoms with Gasteiger partial charge in [0, 0.05) is 48.3 Å². The number of hydrogen-bond donors (Lipinski definition) is 0. The van der Waals surface area contributed by atoms with Crippen LogP contribution >= 0.6 is 0 Å². The average molecular weight is 408 g/mol. The topological polar surface area (TPSA) is 55.8 Å². The standard InChI is InChI=1S/C25H29NO4/c1-4-14-30-21-13-12-16(15-22(21)29-5-2)23-24-17(8-6-10-19(24)27)26(3)18-9-7-11-20(28)25(18)23/h4,12-13,15,23H,1,5-11,14H2,2-3H3. The molecule has 5 nitrogen and oxygen atoms in total. The maximum absolute atomic E-state index is 13.1. The monoisotopic (exact) mass is 407 g/mol. The summed E-state index contributed by atoms with van der Waals surface area (Å²) >= 11 is 0. The van der Waals surface area contributed by atoms with Crippen molar-refractivity contribution < 1.29 is 19.1 Å². The number of ketones is 2. The average Bonchev–Trinajstić information content (AvgIpc) is 2.74. The minimum Gasteiger partial charge on any atom is -0.490 e. The fraction of sp³-hybridized carbons (Fsp3) is 0.440. The molecule has 3 aliphatic rings. The first-order valence-electron chi connectivity index (χ1n) is 10.8. The quantitative estimate of drug-likeness (QED) is 0.640. The van der Waals surface area contributed by atoms with Gasteiger partial charge in [0.05, 0.1) is 6.61 Å². The van der Waals surface area contributed by atoms with Gasteiger partial charge in [0.2, 0.25) is 0 Å². The molecule has 1 heterocycles. The lowest BCUT2D eigenvalue weighted by Gasteiger charge is -2.42. The molecular weight excluding hydrogens is 378 g/mol. The van der Waals surface area contributed by atoms with Crippen LogP contribution in [0.25, 0.3) is 0 Å². The highest BCUT2D eigenvalue weighted by molar-refractivity contribution is 6.06. The highest BCUT2D eigenvalue weighted by Gasteiger charge is 2.42. The van der Waals surface area contributed by atoms with Gasteiger partial charge in [-0.2, -0.15) is 0 Å². The molecule has 1 aromatic carbocycles. The van der Waals surface area contributed by atoms with E-state index in [1.54, 1.807) is 6.08 Å². The summed E-state index contributed by atoms with van der Waals surface area (Å²) in [6, 6.07) is 5.79. The van der Waals surface area contributed by atoms with Crippen LogP contribution in [-0.4, -0.2) is 36.7 Å². The second kappa shape index (κ2) is 8.50. The zero-order chi connectivity index (χ0) is 21.3. The number of Topliss-reactive ketones (excluding diaryl/α,β-unsaturated/α-hetero) is 2. The van der Waals surface area contributed by atoms with Crippen molar-refractivity contribution in [3.63, 3.8) is 0 Å². The summed E-state index contributed by atoms with van der Waals surface area (Å²) in [5, 5.41) is 0. The first kappa shape index (κ1) is 20.5. The van der Waals surface area contributed by atoms with Crippen molar-refractivity contribution in [2.45, 2.75) is 51.4 Å². The molecular formula is C25H29NO4. The molecule has 0 bridgehead atoms. The number of benzene rings is 1. The van der Waals surface area contributed by atoms with E-state index in [1.807, 2.05) is 32.2 Å². The van der Waals surface area contributed by atoms with Crippen LogP contribution in [0.2, 0.25) is 0 Å². The van der Waals surface area contributed by atoms with Gasteiger partial charge in [-0.3, -0.25) is 9.59 Å². The van der Waals surface area contributed by atoms with E-state index in [2.05, 4.69) is 11.5 Å². The second-order valence-corrected chi connectivity index (χ2v) is 8.01. The van der Waals surface area contributed by atoms with Crippen molar-refractivity contribution >= 4 is 11.6 Å². The third kappa shape index (κ3) is 3.47. The van der Waals surface area contributed by atoms with Crippen molar-refractivity contribution in [1.29, 1.82) is 0 Å². The van der Waals surface area contributed by atoms with Gasteiger partial charge in [-0.25, -0.2) is 0 Å². The molecule has 0 amide bonds. The Morgan fingerprint density at radius 1 is 1.00 bits per heavy atom. The fourth-order valence-corrected chi connectivity index (χ4v) is 4.93. The molecule has 2 aliphatic carbocycles. The molecule has 5 heteroatoms. The summed E-state index contributed by atoms with van der Waals surface area (Å²) in [6.07, 6.45) is 6.25. The normalized spacial score (nSPS) is 19.6. The molecule has 158 valence electrons. The lowest BCUT2D eigenvalue weighted by atomic mass is 9.71. The van der Waals surface area contributed by atoms with Gasteiger partial charge in [-0.15, -0.1) is 0 Å². The van der Waals surface area contributed by atoms with E-state index >= 15 is 0 Å². The lowest BCUT2D eigenvalue weighted by Crippen LogP contribution is -2.37. The summed E-state index contributed by atoms with van der Waals surface area (Å²) in [5.41, 5.74) is 4.66. The van der Waals surface area contributed by atoms with E-state index in [-0.39, 0.29) is 17.5 Å². The summed E-state index contributed by atoms with van der Waals surface area (Å²) < 4.78 is 11.6. The van der Waals surface area contributed by atoms with Crippen molar-refractivity contribution in [1.82, 2.24) is 4.90 Å². The van der Waals surface area contributed by atoms with Crippen LogP contribution in [-0.2, 0) is 9.59 Å². The van der Waals surface area contributed by atoms with Crippen molar-refractivity contribution in [3.05, 3.63) is 59.0 Å². The third-order valence-electron chi connectivity index (χ3n) is 6.20. The van der Waals surface area contributed by atoms with Gasteiger partial charge in [0.25, 0.3) is 0 Å². The van der Waals surface area contributed by atoms with E-state index in [1.165, 1.54) is 0 Å². The number of allylic oxidation sites excluding steroid dienone is 4. The van der Waals surface area contributed by atoms with Crippen LogP contribution in [0.15, 0.2) is 53.4 Å². The molecule has 0 fully saturated rings. The molecule has 0 aromatic heterocycles. The lowest BCUT2D eigenvalue weighted by molar-refractivity contribution is -0.117. The molecule has 0 saturated carbocycles. The Morgan fingerprint density at radius 2 is 1.63 bits per heavy atom. The third-order valence-corrected chi connectivity index (χ3v) is 6.20. The van der Waals surface area contributed by atoms with Gasteiger partial charge >= 0.3 is 0 Å². The summed E-state index contributed by atoms with van der Waals surface area (Å²) in [4.78, 5) is 28.3. The predicted molar refractivity (Wildman–Crippen MR) is 116 cm³/mol. The minimum absolute atomic E-state index is 0.156.